The minimum absolute atomic E-state index is 0.0392. The Balaban J connectivity index is 1.59. The van der Waals surface area contributed by atoms with Gasteiger partial charge in [-0.1, -0.05) is 60.1 Å². The summed E-state index contributed by atoms with van der Waals surface area (Å²) in [5.74, 6) is 1.47. The van der Waals surface area contributed by atoms with Crippen LogP contribution in [0, 0.1) is 50.2 Å². The van der Waals surface area contributed by atoms with Gasteiger partial charge in [-0.15, -0.1) is 0 Å². The molecule has 33 heavy (non-hydrogen) atoms. The Morgan fingerprint density at radius 3 is 2.18 bits per heavy atom. The van der Waals surface area contributed by atoms with Crippen LogP contribution in [0.4, 0.5) is 0 Å². The molecule has 3 nitrogen and oxygen atoms in total. The van der Waals surface area contributed by atoms with Crippen molar-refractivity contribution in [1.29, 1.82) is 0 Å². The molecule has 0 aliphatic heterocycles. The van der Waals surface area contributed by atoms with Gasteiger partial charge in [-0.25, -0.2) is 0 Å². The maximum atomic E-state index is 11.0. The van der Waals surface area contributed by atoms with Crippen molar-refractivity contribution in [1.82, 2.24) is 0 Å². The zero-order valence-corrected chi connectivity index (χ0v) is 22.4. The zero-order chi connectivity index (χ0) is 24.2. The van der Waals surface area contributed by atoms with Gasteiger partial charge in [0.1, 0.15) is 0 Å². The van der Waals surface area contributed by atoms with Crippen molar-refractivity contribution in [3.63, 3.8) is 0 Å². The molecule has 0 spiro atoms. The summed E-state index contributed by atoms with van der Waals surface area (Å²) < 4.78 is 0. The third-order valence-electron chi connectivity index (χ3n) is 13.1. The summed E-state index contributed by atoms with van der Waals surface area (Å²) in [5.41, 5.74) is 2.24. The van der Waals surface area contributed by atoms with Crippen LogP contribution in [0.1, 0.15) is 106 Å². The number of hydrogen-bond donors (Lipinski definition) is 3. The molecule has 0 amide bonds. The van der Waals surface area contributed by atoms with E-state index in [0.29, 0.717) is 29.8 Å². The van der Waals surface area contributed by atoms with Crippen LogP contribution < -0.4 is 0 Å². The Morgan fingerprint density at radius 2 is 1.52 bits per heavy atom. The van der Waals surface area contributed by atoms with E-state index in [2.05, 4.69) is 54.5 Å². The predicted molar refractivity (Wildman–Crippen MR) is 134 cm³/mol. The highest BCUT2D eigenvalue weighted by atomic mass is 16.3. The summed E-state index contributed by atoms with van der Waals surface area (Å²) in [4.78, 5) is 0. The Bertz CT molecular complexity index is 843. The molecular weight excluding hydrogens is 408 g/mol. The molecule has 0 aromatic heterocycles. The molecule has 4 saturated carbocycles. The third-order valence-corrected chi connectivity index (χ3v) is 13.1. The summed E-state index contributed by atoms with van der Waals surface area (Å²) in [6, 6.07) is 0. The molecular formula is C30H50O3. The second-order valence-corrected chi connectivity index (χ2v) is 15.3. The fraction of sp³-hybridized carbons (Fsp3) is 0.933. The van der Waals surface area contributed by atoms with E-state index in [4.69, 9.17) is 0 Å². The van der Waals surface area contributed by atoms with E-state index in [9.17, 15) is 15.3 Å². The number of aliphatic hydroxyl groups excluding tert-OH is 3. The van der Waals surface area contributed by atoms with Crippen molar-refractivity contribution in [2.24, 2.45) is 50.2 Å². The van der Waals surface area contributed by atoms with E-state index in [1.807, 2.05) is 0 Å². The minimum Gasteiger partial charge on any atom is -0.396 e. The second kappa shape index (κ2) is 7.10. The Morgan fingerprint density at radius 1 is 0.848 bits per heavy atom. The highest BCUT2D eigenvalue weighted by molar-refractivity contribution is 5.34. The average Bonchev–Trinajstić information content (AvgIpc) is 2.72. The van der Waals surface area contributed by atoms with Crippen LogP contribution in [0.5, 0.6) is 0 Å². The van der Waals surface area contributed by atoms with Crippen molar-refractivity contribution in [3.8, 4) is 0 Å². The van der Waals surface area contributed by atoms with Gasteiger partial charge in [0.25, 0.3) is 0 Å². The predicted octanol–water partition coefficient (Wildman–Crippen LogP) is 6.11. The molecule has 5 rings (SSSR count). The molecule has 0 saturated heterocycles. The van der Waals surface area contributed by atoms with Gasteiger partial charge >= 0.3 is 0 Å². The smallest absolute Gasteiger partial charge is 0.0852 e. The number of allylic oxidation sites excluding steroid dienone is 2. The van der Waals surface area contributed by atoms with Gasteiger partial charge in [-0.3, -0.25) is 0 Å². The highest BCUT2D eigenvalue weighted by Gasteiger charge is 2.69. The van der Waals surface area contributed by atoms with E-state index in [0.717, 1.165) is 32.1 Å². The van der Waals surface area contributed by atoms with Crippen LogP contribution >= 0.6 is 0 Å². The van der Waals surface area contributed by atoms with Gasteiger partial charge in [0, 0.05) is 12.0 Å². The molecule has 0 radical (unpaired) electrons. The first-order valence-corrected chi connectivity index (χ1v) is 13.8. The summed E-state index contributed by atoms with van der Waals surface area (Å²) in [7, 11) is 0. The van der Waals surface area contributed by atoms with Gasteiger partial charge in [0.2, 0.25) is 0 Å². The Kier molecular flexibility index (Phi) is 5.23. The van der Waals surface area contributed by atoms with E-state index in [1.54, 1.807) is 5.57 Å². The maximum Gasteiger partial charge on any atom is 0.0852 e. The molecule has 5 aliphatic rings. The third kappa shape index (κ3) is 2.97. The minimum atomic E-state index is -0.630. The lowest BCUT2D eigenvalue weighted by molar-refractivity contribution is -0.232. The van der Waals surface area contributed by atoms with E-state index < -0.39 is 12.2 Å². The molecule has 188 valence electrons. The first-order chi connectivity index (χ1) is 15.2. The first-order valence-electron chi connectivity index (χ1n) is 13.8. The van der Waals surface area contributed by atoms with Crippen LogP contribution in [-0.4, -0.2) is 34.1 Å². The molecule has 3 heteroatoms. The molecule has 0 aromatic carbocycles. The van der Waals surface area contributed by atoms with Gasteiger partial charge in [-0.05, 0) is 103 Å². The van der Waals surface area contributed by atoms with Crippen molar-refractivity contribution >= 4 is 0 Å². The van der Waals surface area contributed by atoms with Gasteiger partial charge in [0.15, 0.2) is 0 Å². The number of rotatable bonds is 1. The van der Waals surface area contributed by atoms with Crippen molar-refractivity contribution in [3.05, 3.63) is 11.6 Å². The largest absolute Gasteiger partial charge is 0.396 e. The van der Waals surface area contributed by atoms with E-state index >= 15 is 0 Å². The lowest BCUT2D eigenvalue weighted by Crippen LogP contribution is -2.66. The van der Waals surface area contributed by atoms with Crippen molar-refractivity contribution in [2.75, 3.05) is 6.61 Å². The Hall–Kier alpha value is -0.380. The molecule has 4 fully saturated rings. The Labute approximate surface area is 202 Å². The second-order valence-electron chi connectivity index (χ2n) is 15.3. The summed E-state index contributed by atoms with van der Waals surface area (Å²) >= 11 is 0. The van der Waals surface area contributed by atoms with Crippen LogP contribution in [-0.2, 0) is 0 Å². The summed E-state index contributed by atoms with van der Waals surface area (Å²) in [5, 5.41) is 32.5. The molecule has 3 N–H and O–H groups in total. The fourth-order valence-electron chi connectivity index (χ4n) is 10.8. The number of hydrogen-bond acceptors (Lipinski definition) is 3. The maximum absolute atomic E-state index is 11.0. The van der Waals surface area contributed by atoms with Crippen LogP contribution in [0.15, 0.2) is 11.6 Å². The van der Waals surface area contributed by atoms with E-state index in [1.165, 1.54) is 25.7 Å². The lowest BCUT2D eigenvalue weighted by atomic mass is 9.33. The fourth-order valence-corrected chi connectivity index (χ4v) is 10.8. The van der Waals surface area contributed by atoms with Crippen molar-refractivity contribution < 1.29 is 15.3 Å². The standard InChI is InChI=1S/C30H50O3/c1-25(2)12-14-30(18-31)15-13-28(6)19(20(30)16-25)8-9-23-27(5)17-21(32)24(33)26(3,4)22(27)10-11-29(23,28)7/h8,20-24,31-33H,9-18H2,1-7H3. The molecule has 9 unspecified atom stereocenters. The number of aliphatic hydroxyl groups is 3. The van der Waals surface area contributed by atoms with Crippen LogP contribution in [0.2, 0.25) is 0 Å². The first kappa shape index (κ1) is 24.3. The van der Waals surface area contributed by atoms with Gasteiger partial charge in [0.05, 0.1) is 12.2 Å². The molecule has 5 aliphatic carbocycles. The van der Waals surface area contributed by atoms with Crippen molar-refractivity contribution in [2.45, 2.75) is 118 Å². The molecule has 9 atom stereocenters. The molecule has 0 heterocycles. The topological polar surface area (TPSA) is 60.7 Å². The quantitative estimate of drug-likeness (QED) is 0.415. The molecule has 0 bridgehead atoms. The van der Waals surface area contributed by atoms with Crippen LogP contribution in [0.25, 0.3) is 0 Å². The normalized spacial score (nSPS) is 54.8. The zero-order valence-electron chi connectivity index (χ0n) is 22.4. The monoisotopic (exact) mass is 458 g/mol. The number of fused-ring (bicyclic) bond motifs is 7. The SMILES string of the molecule is CC1(C)CCC2(CO)CCC3(C)C(=CCC4C5(C)CC(O)C(O)C(C)(C)C5CCC43C)C2C1. The molecule has 0 aromatic rings. The summed E-state index contributed by atoms with van der Waals surface area (Å²) in [6.45, 7) is 17.2. The summed E-state index contributed by atoms with van der Waals surface area (Å²) in [6.07, 6.45) is 11.4. The lowest BCUT2D eigenvalue weighted by Gasteiger charge is -2.71. The van der Waals surface area contributed by atoms with E-state index in [-0.39, 0.29) is 27.1 Å². The van der Waals surface area contributed by atoms with Gasteiger partial charge < -0.3 is 15.3 Å². The van der Waals surface area contributed by atoms with Crippen LogP contribution in [0.3, 0.4) is 0 Å². The van der Waals surface area contributed by atoms with Gasteiger partial charge in [-0.2, -0.15) is 0 Å². The highest BCUT2D eigenvalue weighted by Crippen LogP contribution is 2.75. The average molecular weight is 459 g/mol.